The second kappa shape index (κ2) is 6.40. The summed E-state index contributed by atoms with van der Waals surface area (Å²) in [7, 11) is 0. The van der Waals surface area contributed by atoms with E-state index in [0.29, 0.717) is 11.9 Å². The number of carbonyl (C=O) groups is 1. The Hall–Kier alpha value is -0.310. The van der Waals surface area contributed by atoms with E-state index in [-0.39, 0.29) is 11.9 Å². The van der Waals surface area contributed by atoms with Gasteiger partial charge in [-0.25, -0.2) is 0 Å². The molecule has 0 radical (unpaired) electrons. The quantitative estimate of drug-likeness (QED) is 0.413. The monoisotopic (exact) mass is 220 g/mol. The van der Waals surface area contributed by atoms with Crippen LogP contribution in [-0.2, 0) is 9.53 Å². The zero-order valence-electron chi connectivity index (χ0n) is 6.84. The van der Waals surface area contributed by atoms with Gasteiger partial charge in [0.1, 0.15) is 6.61 Å². The third-order valence-electron chi connectivity index (χ3n) is 1.19. The summed E-state index contributed by atoms with van der Waals surface area (Å²) < 4.78 is 4.88. The highest BCUT2D eigenvalue weighted by molar-refractivity contribution is 9.09. The number of esters is 1. The number of rotatable bonds is 4. The molecule has 0 aliphatic carbocycles. The van der Waals surface area contributed by atoms with Crippen molar-refractivity contribution in [3.05, 3.63) is 12.2 Å². The molecule has 0 saturated heterocycles. The van der Waals surface area contributed by atoms with Crippen molar-refractivity contribution >= 4 is 21.9 Å². The number of hydrogen-bond acceptors (Lipinski definition) is 2. The molecule has 3 heteroatoms. The van der Waals surface area contributed by atoms with Gasteiger partial charge in [0.15, 0.2) is 0 Å². The van der Waals surface area contributed by atoms with Crippen LogP contribution in [0.5, 0.6) is 0 Å². The zero-order chi connectivity index (χ0) is 8.69. The maximum Gasteiger partial charge on any atom is 0.309 e. The molecule has 2 nitrogen and oxygen atoms in total. The van der Waals surface area contributed by atoms with E-state index in [1.165, 1.54) is 0 Å². The smallest absolute Gasteiger partial charge is 0.309 e. The molecule has 0 fully saturated rings. The van der Waals surface area contributed by atoms with Gasteiger partial charge in [0.25, 0.3) is 0 Å². The summed E-state index contributed by atoms with van der Waals surface area (Å²) >= 11 is 3.21. The topological polar surface area (TPSA) is 26.3 Å². The lowest BCUT2D eigenvalue weighted by molar-refractivity contribution is -0.145. The SMILES string of the molecule is CC=CCOC(=O)C(C)CBr. The largest absolute Gasteiger partial charge is 0.461 e. The molecule has 0 bridgehead atoms. The Morgan fingerprint density at radius 1 is 1.73 bits per heavy atom. The summed E-state index contributed by atoms with van der Waals surface area (Å²) in [6, 6.07) is 0. The van der Waals surface area contributed by atoms with Crippen molar-refractivity contribution in [2.75, 3.05) is 11.9 Å². The fraction of sp³-hybridized carbons (Fsp3) is 0.625. The number of ether oxygens (including phenoxy) is 1. The summed E-state index contributed by atoms with van der Waals surface area (Å²) in [6.07, 6.45) is 3.66. The summed E-state index contributed by atoms with van der Waals surface area (Å²) in [4.78, 5) is 11.0. The molecule has 0 aromatic carbocycles. The van der Waals surface area contributed by atoms with Gasteiger partial charge in [0, 0.05) is 5.33 Å². The highest BCUT2D eigenvalue weighted by Gasteiger charge is 2.10. The molecule has 64 valence electrons. The van der Waals surface area contributed by atoms with E-state index in [9.17, 15) is 4.79 Å². The molecule has 0 aliphatic heterocycles. The number of halogens is 1. The van der Waals surface area contributed by atoms with Gasteiger partial charge in [-0.05, 0) is 6.92 Å². The fourth-order valence-corrected chi connectivity index (χ4v) is 0.696. The fourth-order valence-electron chi connectivity index (χ4n) is 0.432. The molecule has 0 N–H and O–H groups in total. The molecule has 0 spiro atoms. The van der Waals surface area contributed by atoms with E-state index in [0.717, 1.165) is 0 Å². The highest BCUT2D eigenvalue weighted by Crippen LogP contribution is 2.02. The van der Waals surface area contributed by atoms with Crippen LogP contribution in [0, 0.1) is 5.92 Å². The molecular formula is C8H13BrO2. The Morgan fingerprint density at radius 3 is 2.82 bits per heavy atom. The Morgan fingerprint density at radius 2 is 2.36 bits per heavy atom. The van der Waals surface area contributed by atoms with Crippen molar-refractivity contribution in [2.45, 2.75) is 13.8 Å². The average Bonchev–Trinajstić information content (AvgIpc) is 2.03. The molecule has 0 aromatic rings. The Labute approximate surface area is 75.7 Å². The van der Waals surface area contributed by atoms with Crippen molar-refractivity contribution in [2.24, 2.45) is 5.92 Å². The van der Waals surface area contributed by atoms with E-state index < -0.39 is 0 Å². The standard InChI is InChI=1S/C8H13BrO2/c1-3-4-5-11-8(10)7(2)6-9/h3-4,7H,5-6H2,1-2H3. The zero-order valence-corrected chi connectivity index (χ0v) is 8.43. The van der Waals surface area contributed by atoms with E-state index >= 15 is 0 Å². The first-order valence-corrected chi connectivity index (χ1v) is 4.68. The first-order valence-electron chi connectivity index (χ1n) is 3.56. The van der Waals surface area contributed by atoms with Crippen LogP contribution in [0.2, 0.25) is 0 Å². The summed E-state index contributed by atoms with van der Waals surface area (Å²) in [5.41, 5.74) is 0. The first kappa shape index (κ1) is 10.7. The number of hydrogen-bond donors (Lipinski definition) is 0. The Bertz CT molecular complexity index is 143. The van der Waals surface area contributed by atoms with Crippen molar-refractivity contribution in [3.63, 3.8) is 0 Å². The lowest BCUT2D eigenvalue weighted by atomic mass is 10.2. The summed E-state index contributed by atoms with van der Waals surface area (Å²) in [5.74, 6) is -0.208. The summed E-state index contributed by atoms with van der Waals surface area (Å²) in [6.45, 7) is 4.10. The van der Waals surface area contributed by atoms with Gasteiger partial charge < -0.3 is 4.74 Å². The van der Waals surface area contributed by atoms with Gasteiger partial charge in [-0.3, -0.25) is 4.79 Å². The minimum absolute atomic E-state index is 0.0553. The Kier molecular flexibility index (Phi) is 6.22. The van der Waals surface area contributed by atoms with E-state index in [2.05, 4.69) is 15.9 Å². The number of alkyl halides is 1. The lowest BCUT2D eigenvalue weighted by Gasteiger charge is -2.05. The van der Waals surface area contributed by atoms with E-state index in [4.69, 9.17) is 4.74 Å². The number of allylic oxidation sites excluding steroid dienone is 1. The average molecular weight is 221 g/mol. The van der Waals surface area contributed by atoms with Gasteiger partial charge in [0.2, 0.25) is 0 Å². The van der Waals surface area contributed by atoms with Crippen LogP contribution in [-0.4, -0.2) is 17.9 Å². The van der Waals surface area contributed by atoms with Gasteiger partial charge in [-0.1, -0.05) is 35.0 Å². The van der Waals surface area contributed by atoms with Crippen molar-refractivity contribution in [1.29, 1.82) is 0 Å². The highest BCUT2D eigenvalue weighted by atomic mass is 79.9. The normalized spacial score (nSPS) is 13.4. The first-order chi connectivity index (χ1) is 5.22. The van der Waals surface area contributed by atoms with Gasteiger partial charge in [0.05, 0.1) is 5.92 Å². The van der Waals surface area contributed by atoms with Crippen LogP contribution in [0.1, 0.15) is 13.8 Å². The molecule has 0 rings (SSSR count). The maximum atomic E-state index is 11.0. The van der Waals surface area contributed by atoms with Crippen LogP contribution >= 0.6 is 15.9 Å². The minimum Gasteiger partial charge on any atom is -0.461 e. The lowest BCUT2D eigenvalue weighted by Crippen LogP contribution is -2.15. The maximum absolute atomic E-state index is 11.0. The predicted molar refractivity (Wildman–Crippen MR) is 48.7 cm³/mol. The molecule has 1 unspecified atom stereocenters. The van der Waals surface area contributed by atoms with Gasteiger partial charge in [-0.15, -0.1) is 0 Å². The molecule has 0 heterocycles. The van der Waals surface area contributed by atoms with Crippen LogP contribution in [0.25, 0.3) is 0 Å². The third kappa shape index (κ3) is 5.01. The van der Waals surface area contributed by atoms with Crippen molar-refractivity contribution < 1.29 is 9.53 Å². The van der Waals surface area contributed by atoms with Crippen LogP contribution in [0.15, 0.2) is 12.2 Å². The molecule has 1 atom stereocenters. The van der Waals surface area contributed by atoms with E-state index in [1.54, 1.807) is 6.08 Å². The Balaban J connectivity index is 3.52. The third-order valence-corrected chi connectivity index (χ3v) is 2.16. The molecule has 0 amide bonds. The minimum atomic E-state index is -0.153. The molecule has 0 aromatic heterocycles. The molecule has 11 heavy (non-hydrogen) atoms. The van der Waals surface area contributed by atoms with E-state index in [1.807, 2.05) is 19.9 Å². The molecular weight excluding hydrogens is 208 g/mol. The summed E-state index contributed by atoms with van der Waals surface area (Å²) in [5, 5.41) is 0.654. The molecule has 0 saturated carbocycles. The predicted octanol–water partition coefficient (Wildman–Crippen LogP) is 2.14. The number of carbonyl (C=O) groups excluding carboxylic acids is 1. The molecule has 0 aliphatic rings. The second-order valence-electron chi connectivity index (χ2n) is 2.25. The van der Waals surface area contributed by atoms with Crippen LogP contribution in [0.3, 0.4) is 0 Å². The van der Waals surface area contributed by atoms with Gasteiger partial charge in [-0.2, -0.15) is 0 Å². The van der Waals surface area contributed by atoms with Crippen LogP contribution < -0.4 is 0 Å². The van der Waals surface area contributed by atoms with Gasteiger partial charge >= 0.3 is 5.97 Å². The van der Waals surface area contributed by atoms with Crippen molar-refractivity contribution in [1.82, 2.24) is 0 Å². The van der Waals surface area contributed by atoms with Crippen LogP contribution in [0.4, 0.5) is 0 Å². The second-order valence-corrected chi connectivity index (χ2v) is 2.90. The van der Waals surface area contributed by atoms with Crippen molar-refractivity contribution in [3.8, 4) is 0 Å².